The SMILES string of the molecule is Cc1oc(C)c(S(=O)(=O)NC2(C)CCCOC2)c1CO. The molecule has 0 aromatic carbocycles. The Morgan fingerprint density at radius 1 is 1.35 bits per heavy atom. The van der Waals surface area contributed by atoms with Crippen molar-refractivity contribution < 1.29 is 22.7 Å². The molecule has 2 N–H and O–H groups in total. The van der Waals surface area contributed by atoms with Crippen LogP contribution in [0.2, 0.25) is 0 Å². The lowest BCUT2D eigenvalue weighted by atomic mass is 9.97. The third kappa shape index (κ3) is 2.90. The molecular formula is C13H21NO5S. The van der Waals surface area contributed by atoms with Gasteiger partial charge in [0.2, 0.25) is 10.0 Å². The maximum Gasteiger partial charge on any atom is 0.244 e. The monoisotopic (exact) mass is 303 g/mol. The van der Waals surface area contributed by atoms with Gasteiger partial charge in [0, 0.05) is 12.2 Å². The van der Waals surface area contributed by atoms with Crippen LogP contribution >= 0.6 is 0 Å². The van der Waals surface area contributed by atoms with Crippen LogP contribution in [0.4, 0.5) is 0 Å². The zero-order valence-corrected chi connectivity index (χ0v) is 12.8. The lowest BCUT2D eigenvalue weighted by Crippen LogP contribution is -2.51. The Kier molecular flexibility index (Phi) is 4.24. The van der Waals surface area contributed by atoms with Gasteiger partial charge < -0.3 is 14.3 Å². The van der Waals surface area contributed by atoms with Gasteiger partial charge in [-0.3, -0.25) is 0 Å². The minimum atomic E-state index is -3.75. The van der Waals surface area contributed by atoms with Crippen LogP contribution in [0.25, 0.3) is 0 Å². The summed E-state index contributed by atoms with van der Waals surface area (Å²) in [5, 5.41) is 9.37. The van der Waals surface area contributed by atoms with Crippen LogP contribution in [0.1, 0.15) is 36.8 Å². The first-order valence-electron chi connectivity index (χ1n) is 6.60. The number of aliphatic hydroxyl groups excluding tert-OH is 1. The predicted molar refractivity (Wildman–Crippen MR) is 72.9 cm³/mol. The highest BCUT2D eigenvalue weighted by molar-refractivity contribution is 7.89. The molecule has 1 aliphatic heterocycles. The van der Waals surface area contributed by atoms with Crippen LogP contribution in [0.5, 0.6) is 0 Å². The molecule has 1 unspecified atom stereocenters. The van der Waals surface area contributed by atoms with Gasteiger partial charge in [-0.1, -0.05) is 0 Å². The minimum Gasteiger partial charge on any atom is -0.465 e. The van der Waals surface area contributed by atoms with E-state index in [0.717, 1.165) is 12.8 Å². The second-order valence-electron chi connectivity index (χ2n) is 5.50. The van der Waals surface area contributed by atoms with Crippen molar-refractivity contribution in [1.82, 2.24) is 4.72 Å². The highest BCUT2D eigenvalue weighted by atomic mass is 32.2. The van der Waals surface area contributed by atoms with Gasteiger partial charge in [-0.2, -0.15) is 0 Å². The smallest absolute Gasteiger partial charge is 0.244 e. The molecule has 2 rings (SSSR count). The molecular weight excluding hydrogens is 282 g/mol. The van der Waals surface area contributed by atoms with Gasteiger partial charge in [-0.25, -0.2) is 13.1 Å². The quantitative estimate of drug-likeness (QED) is 0.873. The fourth-order valence-corrected chi connectivity index (χ4v) is 4.50. The minimum absolute atomic E-state index is 0.0456. The molecule has 0 spiro atoms. The maximum atomic E-state index is 12.6. The van der Waals surface area contributed by atoms with E-state index in [1.54, 1.807) is 13.8 Å². The average molecular weight is 303 g/mol. The number of nitrogens with one attached hydrogen (secondary N) is 1. The van der Waals surface area contributed by atoms with E-state index < -0.39 is 15.6 Å². The fraction of sp³-hybridized carbons (Fsp3) is 0.692. The van der Waals surface area contributed by atoms with Gasteiger partial charge in [-0.15, -0.1) is 0 Å². The Morgan fingerprint density at radius 2 is 2.05 bits per heavy atom. The van der Waals surface area contributed by atoms with Crippen molar-refractivity contribution >= 4 is 10.0 Å². The molecule has 0 amide bonds. The Morgan fingerprint density at radius 3 is 2.60 bits per heavy atom. The molecule has 1 atom stereocenters. The van der Waals surface area contributed by atoms with Gasteiger partial charge in [0.1, 0.15) is 16.4 Å². The van der Waals surface area contributed by atoms with Gasteiger partial charge in [0.25, 0.3) is 0 Å². The number of aryl methyl sites for hydroxylation is 2. The van der Waals surface area contributed by atoms with E-state index in [-0.39, 0.29) is 11.5 Å². The Labute approximate surface area is 119 Å². The molecule has 1 aromatic rings. The maximum absolute atomic E-state index is 12.6. The predicted octanol–water partition coefficient (Wildman–Crippen LogP) is 1.24. The summed E-state index contributed by atoms with van der Waals surface area (Å²) in [6.45, 7) is 5.68. The zero-order valence-electron chi connectivity index (χ0n) is 12.0. The van der Waals surface area contributed by atoms with Crippen molar-refractivity contribution in [3.8, 4) is 0 Å². The lowest BCUT2D eigenvalue weighted by molar-refractivity contribution is 0.0386. The summed E-state index contributed by atoms with van der Waals surface area (Å²) in [6.07, 6.45) is 1.53. The Hall–Kier alpha value is -0.890. The average Bonchev–Trinajstić information content (AvgIpc) is 2.63. The summed E-state index contributed by atoms with van der Waals surface area (Å²) in [6, 6.07) is 0. The molecule has 1 aliphatic rings. The van der Waals surface area contributed by atoms with E-state index in [1.165, 1.54) is 0 Å². The Balaban J connectivity index is 2.36. The number of rotatable bonds is 4. The molecule has 20 heavy (non-hydrogen) atoms. The summed E-state index contributed by atoms with van der Waals surface area (Å²) in [5.74, 6) is 0.717. The number of sulfonamides is 1. The first-order valence-corrected chi connectivity index (χ1v) is 8.09. The van der Waals surface area contributed by atoms with Crippen LogP contribution in [0.15, 0.2) is 9.31 Å². The van der Waals surface area contributed by atoms with Crippen LogP contribution in [-0.2, 0) is 21.4 Å². The van der Waals surface area contributed by atoms with Crippen LogP contribution in [0.3, 0.4) is 0 Å². The van der Waals surface area contributed by atoms with Crippen LogP contribution in [-0.4, -0.2) is 32.3 Å². The zero-order chi connectivity index (χ0) is 15.0. The highest BCUT2D eigenvalue weighted by Crippen LogP contribution is 2.29. The van der Waals surface area contributed by atoms with Crippen molar-refractivity contribution in [2.75, 3.05) is 13.2 Å². The number of hydrogen-bond donors (Lipinski definition) is 2. The Bertz CT molecular complexity index is 584. The molecule has 0 aliphatic carbocycles. The van der Waals surface area contributed by atoms with E-state index >= 15 is 0 Å². The second kappa shape index (κ2) is 5.48. The van der Waals surface area contributed by atoms with Gasteiger partial charge >= 0.3 is 0 Å². The highest BCUT2D eigenvalue weighted by Gasteiger charge is 2.36. The van der Waals surface area contributed by atoms with Crippen molar-refractivity contribution in [1.29, 1.82) is 0 Å². The normalized spacial score (nSPS) is 24.0. The van der Waals surface area contributed by atoms with Crippen molar-refractivity contribution in [3.05, 3.63) is 17.1 Å². The molecule has 1 saturated heterocycles. The first kappa shape index (κ1) is 15.5. The first-order chi connectivity index (χ1) is 9.29. The molecule has 1 fully saturated rings. The lowest BCUT2D eigenvalue weighted by Gasteiger charge is -2.33. The second-order valence-corrected chi connectivity index (χ2v) is 7.12. The van der Waals surface area contributed by atoms with Crippen molar-refractivity contribution in [3.63, 3.8) is 0 Å². The summed E-state index contributed by atoms with van der Waals surface area (Å²) in [4.78, 5) is 0.0456. The van der Waals surface area contributed by atoms with Crippen LogP contribution < -0.4 is 4.72 Å². The third-order valence-electron chi connectivity index (χ3n) is 3.57. The molecule has 2 heterocycles. The van der Waals surface area contributed by atoms with Gasteiger partial charge in [0.05, 0.1) is 18.8 Å². The van der Waals surface area contributed by atoms with E-state index in [4.69, 9.17) is 9.15 Å². The van der Waals surface area contributed by atoms with Crippen LogP contribution in [0, 0.1) is 13.8 Å². The fourth-order valence-electron chi connectivity index (χ4n) is 2.63. The summed E-state index contributed by atoms with van der Waals surface area (Å²) in [5.41, 5.74) is -0.308. The molecule has 0 bridgehead atoms. The van der Waals surface area contributed by atoms with E-state index in [0.29, 0.717) is 30.3 Å². The van der Waals surface area contributed by atoms with Gasteiger partial charge in [0.15, 0.2) is 0 Å². The number of aliphatic hydroxyl groups is 1. The molecule has 0 radical (unpaired) electrons. The number of furan rings is 1. The summed E-state index contributed by atoms with van der Waals surface area (Å²) < 4.78 is 38.5. The van der Waals surface area contributed by atoms with E-state index in [2.05, 4.69) is 4.72 Å². The van der Waals surface area contributed by atoms with E-state index in [1.807, 2.05) is 6.92 Å². The molecule has 6 nitrogen and oxygen atoms in total. The van der Waals surface area contributed by atoms with Gasteiger partial charge in [-0.05, 0) is 33.6 Å². The van der Waals surface area contributed by atoms with E-state index in [9.17, 15) is 13.5 Å². The molecule has 0 saturated carbocycles. The van der Waals surface area contributed by atoms with Crippen molar-refractivity contribution in [2.45, 2.75) is 50.7 Å². The summed E-state index contributed by atoms with van der Waals surface area (Å²) in [7, 11) is -3.75. The molecule has 7 heteroatoms. The van der Waals surface area contributed by atoms with Crippen molar-refractivity contribution in [2.24, 2.45) is 0 Å². The standard InChI is InChI=1S/C13H21NO5S/c1-9-11(7-15)12(10(2)19-9)20(16,17)14-13(3)5-4-6-18-8-13/h14-15H,4-8H2,1-3H3. The molecule has 1 aromatic heterocycles. The summed E-state index contributed by atoms with van der Waals surface area (Å²) >= 11 is 0. The number of ether oxygens (including phenoxy) is 1. The number of hydrogen-bond acceptors (Lipinski definition) is 5. The topological polar surface area (TPSA) is 88.8 Å². The third-order valence-corrected chi connectivity index (χ3v) is 5.40. The largest absolute Gasteiger partial charge is 0.465 e. The molecule has 114 valence electrons.